The molecule has 0 aliphatic heterocycles. The number of hydrogen-bond donors (Lipinski definition) is 2. The van der Waals surface area contributed by atoms with E-state index in [9.17, 15) is 28.8 Å². The van der Waals surface area contributed by atoms with E-state index in [1.165, 1.54) is 0 Å². The van der Waals surface area contributed by atoms with Crippen LogP contribution in [0.2, 0.25) is 0 Å². The first-order chi connectivity index (χ1) is 8.75. The highest BCUT2D eigenvalue weighted by Crippen LogP contribution is 2.35. The van der Waals surface area contributed by atoms with Crippen LogP contribution >= 0.6 is 0 Å². The predicted octanol–water partition coefficient (Wildman–Crippen LogP) is 1.62. The lowest BCUT2D eigenvalue weighted by atomic mass is 10.0. The molecule has 0 radical (unpaired) electrons. The van der Waals surface area contributed by atoms with E-state index in [-0.39, 0.29) is 5.56 Å². The summed E-state index contributed by atoms with van der Waals surface area (Å²) in [5.74, 6) is -2.40. The van der Waals surface area contributed by atoms with E-state index in [2.05, 4.69) is 4.74 Å². The minimum Gasteiger partial charge on any atom is -0.479 e. The summed E-state index contributed by atoms with van der Waals surface area (Å²) < 4.78 is 28.6. The maximum atomic E-state index is 12.3. The van der Waals surface area contributed by atoms with Gasteiger partial charge in [-0.3, -0.25) is 10.1 Å². The van der Waals surface area contributed by atoms with Crippen LogP contribution in [0.15, 0.2) is 12.1 Å². The molecular weight excluding hydrogens is 268 g/mol. The van der Waals surface area contributed by atoms with Crippen LogP contribution in [0.3, 0.4) is 0 Å². The van der Waals surface area contributed by atoms with Gasteiger partial charge in [-0.05, 0) is 13.0 Å². The van der Waals surface area contributed by atoms with Gasteiger partial charge in [-0.25, -0.2) is 4.79 Å². The topological polar surface area (TPSA) is 110 Å². The fourth-order valence-electron chi connectivity index (χ4n) is 1.49. The number of aliphatic hydroxyl groups excluding tert-OH is 1. The number of halogens is 2. The van der Waals surface area contributed by atoms with Gasteiger partial charge >= 0.3 is 12.6 Å². The summed E-state index contributed by atoms with van der Waals surface area (Å²) in [5, 5.41) is 28.6. The van der Waals surface area contributed by atoms with Crippen LogP contribution in [0.5, 0.6) is 5.75 Å². The Hall–Kier alpha value is -2.29. The first-order valence-corrected chi connectivity index (χ1v) is 4.89. The summed E-state index contributed by atoms with van der Waals surface area (Å²) in [6.07, 6.45) is -2.12. The highest BCUT2D eigenvalue weighted by atomic mass is 19.3. The number of nitro groups is 1. The van der Waals surface area contributed by atoms with Crippen molar-refractivity contribution in [3.63, 3.8) is 0 Å². The molecule has 1 atom stereocenters. The molecule has 0 aliphatic rings. The summed E-state index contributed by atoms with van der Waals surface area (Å²) in [7, 11) is 0. The summed E-state index contributed by atoms with van der Waals surface area (Å²) in [6, 6.07) is 1.77. The van der Waals surface area contributed by atoms with Gasteiger partial charge in [0.25, 0.3) is 5.69 Å². The van der Waals surface area contributed by atoms with E-state index in [4.69, 9.17) is 5.11 Å². The number of nitro benzene ring substituents is 1. The van der Waals surface area contributed by atoms with Crippen molar-refractivity contribution >= 4 is 11.7 Å². The smallest absolute Gasteiger partial charge is 0.387 e. The summed E-state index contributed by atoms with van der Waals surface area (Å²) >= 11 is 0. The van der Waals surface area contributed by atoms with Crippen LogP contribution in [0.1, 0.15) is 17.2 Å². The molecule has 0 fully saturated rings. The van der Waals surface area contributed by atoms with Crippen molar-refractivity contribution in [1.29, 1.82) is 0 Å². The van der Waals surface area contributed by atoms with Crippen molar-refractivity contribution in [3.8, 4) is 5.75 Å². The molecule has 0 aliphatic carbocycles. The number of hydrogen-bond acceptors (Lipinski definition) is 5. The third kappa shape index (κ3) is 3.13. The average molecular weight is 277 g/mol. The molecule has 19 heavy (non-hydrogen) atoms. The van der Waals surface area contributed by atoms with Gasteiger partial charge < -0.3 is 14.9 Å². The minimum absolute atomic E-state index is 0.289. The Morgan fingerprint density at radius 3 is 2.47 bits per heavy atom. The second-order valence-electron chi connectivity index (χ2n) is 3.50. The molecule has 7 nitrogen and oxygen atoms in total. The predicted molar refractivity (Wildman–Crippen MR) is 57.1 cm³/mol. The lowest BCUT2D eigenvalue weighted by Crippen LogP contribution is -2.15. The van der Waals surface area contributed by atoms with Crippen molar-refractivity contribution in [1.82, 2.24) is 0 Å². The van der Waals surface area contributed by atoms with Gasteiger partial charge in [-0.2, -0.15) is 8.78 Å². The van der Waals surface area contributed by atoms with Crippen LogP contribution in [0.25, 0.3) is 0 Å². The van der Waals surface area contributed by atoms with Crippen molar-refractivity contribution in [2.24, 2.45) is 0 Å². The van der Waals surface area contributed by atoms with Gasteiger partial charge in [0.05, 0.1) is 10.5 Å². The number of aliphatic carboxylic acids is 1. The van der Waals surface area contributed by atoms with Gasteiger partial charge in [0.1, 0.15) is 5.75 Å². The summed E-state index contributed by atoms with van der Waals surface area (Å²) in [6.45, 7) is -2.19. The zero-order chi connectivity index (χ0) is 14.7. The van der Waals surface area contributed by atoms with Crippen molar-refractivity contribution in [2.75, 3.05) is 0 Å². The summed E-state index contributed by atoms with van der Waals surface area (Å²) in [4.78, 5) is 20.5. The number of nitrogens with zero attached hydrogens (tertiary/aromatic N) is 1. The molecule has 0 spiro atoms. The molecule has 9 heteroatoms. The lowest BCUT2D eigenvalue weighted by molar-refractivity contribution is -0.385. The van der Waals surface area contributed by atoms with Crippen molar-refractivity contribution < 1.29 is 33.4 Å². The van der Waals surface area contributed by atoms with E-state index < -0.39 is 40.6 Å². The van der Waals surface area contributed by atoms with Gasteiger partial charge in [-0.1, -0.05) is 0 Å². The van der Waals surface area contributed by atoms with Crippen molar-refractivity contribution in [2.45, 2.75) is 19.6 Å². The van der Waals surface area contributed by atoms with E-state index in [1.807, 2.05) is 0 Å². The Morgan fingerprint density at radius 1 is 1.47 bits per heavy atom. The highest BCUT2D eigenvalue weighted by Gasteiger charge is 2.27. The Bertz CT molecular complexity index is 519. The molecular formula is C10H9F2NO6. The number of ether oxygens (including phenoxy) is 1. The molecule has 1 aromatic carbocycles. The maximum Gasteiger partial charge on any atom is 0.387 e. The fraction of sp³-hybridized carbons (Fsp3) is 0.300. The molecule has 0 saturated carbocycles. The first kappa shape index (κ1) is 14.8. The van der Waals surface area contributed by atoms with Crippen LogP contribution in [-0.2, 0) is 4.79 Å². The van der Waals surface area contributed by atoms with Crippen LogP contribution in [-0.4, -0.2) is 27.7 Å². The molecule has 1 unspecified atom stereocenters. The van der Waals surface area contributed by atoms with Crippen LogP contribution in [0.4, 0.5) is 14.5 Å². The van der Waals surface area contributed by atoms with Crippen LogP contribution in [0, 0.1) is 17.0 Å². The lowest BCUT2D eigenvalue weighted by Gasteiger charge is -2.15. The SMILES string of the molecule is Cc1c([N+](=O)[O-])ccc(C(O)C(=O)O)c1OC(F)F. The van der Waals surface area contributed by atoms with Gasteiger partial charge in [0.2, 0.25) is 0 Å². The molecule has 0 saturated heterocycles. The second-order valence-corrected chi connectivity index (χ2v) is 3.50. The number of benzene rings is 1. The van der Waals surface area contributed by atoms with Gasteiger partial charge in [0.15, 0.2) is 6.10 Å². The molecule has 0 heterocycles. The van der Waals surface area contributed by atoms with Gasteiger partial charge in [-0.15, -0.1) is 0 Å². The Morgan fingerprint density at radius 2 is 2.05 bits per heavy atom. The van der Waals surface area contributed by atoms with E-state index in [0.717, 1.165) is 19.1 Å². The third-order valence-corrected chi connectivity index (χ3v) is 2.34. The molecule has 2 N–H and O–H groups in total. The zero-order valence-corrected chi connectivity index (χ0v) is 9.54. The largest absolute Gasteiger partial charge is 0.479 e. The number of carboxylic acid groups (broad SMARTS) is 1. The number of carbonyl (C=O) groups is 1. The maximum absolute atomic E-state index is 12.3. The van der Waals surface area contributed by atoms with E-state index in [1.54, 1.807) is 0 Å². The number of aliphatic hydroxyl groups is 1. The Balaban J connectivity index is 3.43. The molecule has 1 rings (SSSR count). The minimum atomic E-state index is -3.31. The van der Waals surface area contributed by atoms with E-state index in [0.29, 0.717) is 0 Å². The number of rotatable bonds is 5. The molecule has 0 aromatic heterocycles. The van der Waals surface area contributed by atoms with E-state index >= 15 is 0 Å². The second kappa shape index (κ2) is 5.57. The monoisotopic (exact) mass is 277 g/mol. The highest BCUT2D eigenvalue weighted by molar-refractivity contribution is 5.76. The quantitative estimate of drug-likeness (QED) is 0.625. The molecule has 0 amide bonds. The first-order valence-electron chi connectivity index (χ1n) is 4.89. The normalized spacial score (nSPS) is 12.3. The zero-order valence-electron chi connectivity index (χ0n) is 9.54. The Labute approximate surface area is 105 Å². The summed E-state index contributed by atoms with van der Waals surface area (Å²) in [5.41, 5.74) is -1.28. The average Bonchev–Trinajstić information content (AvgIpc) is 2.29. The van der Waals surface area contributed by atoms with Crippen LogP contribution < -0.4 is 4.74 Å². The fourth-order valence-corrected chi connectivity index (χ4v) is 1.49. The Kier molecular flexibility index (Phi) is 4.33. The molecule has 104 valence electrons. The van der Waals surface area contributed by atoms with Crippen molar-refractivity contribution in [3.05, 3.63) is 33.4 Å². The number of alkyl halides is 2. The standard InChI is InChI=1S/C10H9F2NO6/c1-4-6(13(17)18)3-2-5(7(14)9(15)16)8(4)19-10(11)12/h2-3,7,10,14H,1H3,(H,15,16). The molecule has 0 bridgehead atoms. The van der Waals surface area contributed by atoms with Gasteiger partial charge in [0, 0.05) is 11.6 Å². The molecule has 1 aromatic rings. The number of carboxylic acids is 1. The third-order valence-electron chi connectivity index (χ3n) is 2.34.